The van der Waals surface area contributed by atoms with E-state index in [-0.39, 0.29) is 0 Å². The second kappa shape index (κ2) is 9.73. The van der Waals surface area contributed by atoms with Crippen LogP contribution in [0.1, 0.15) is 24.8 Å². The summed E-state index contributed by atoms with van der Waals surface area (Å²) in [6.45, 7) is 4.09. The van der Waals surface area contributed by atoms with Gasteiger partial charge in [-0.05, 0) is 29.9 Å². The van der Waals surface area contributed by atoms with E-state index in [0.29, 0.717) is 5.92 Å². The first-order valence-electron chi connectivity index (χ1n) is 6.76. The van der Waals surface area contributed by atoms with Gasteiger partial charge in [0.15, 0.2) is 5.96 Å². The van der Waals surface area contributed by atoms with Crippen molar-refractivity contribution in [3.63, 3.8) is 0 Å². The molecule has 2 N–H and O–H groups in total. The van der Waals surface area contributed by atoms with E-state index in [2.05, 4.69) is 59.1 Å². The molecule has 0 heterocycles. The van der Waals surface area contributed by atoms with Gasteiger partial charge in [-0.25, -0.2) is 0 Å². The lowest BCUT2D eigenvalue weighted by molar-refractivity contribution is 0.696. The van der Waals surface area contributed by atoms with Gasteiger partial charge in [0.2, 0.25) is 0 Å². The van der Waals surface area contributed by atoms with E-state index in [1.165, 1.54) is 11.3 Å². The van der Waals surface area contributed by atoms with Gasteiger partial charge in [-0.3, -0.25) is 4.99 Å². The van der Waals surface area contributed by atoms with Crippen LogP contribution in [0.2, 0.25) is 0 Å². The maximum absolute atomic E-state index is 4.24. The Kier molecular flexibility index (Phi) is 8.14. The van der Waals surface area contributed by atoms with E-state index in [1.54, 1.807) is 0 Å². The van der Waals surface area contributed by atoms with E-state index >= 15 is 0 Å². The average molecular weight is 279 g/mol. The maximum atomic E-state index is 4.24. The molecule has 0 amide bonds. The molecule has 1 unspecified atom stereocenters. The summed E-state index contributed by atoms with van der Waals surface area (Å²) in [5, 5.41) is 6.71. The molecule has 0 fully saturated rings. The molecule has 4 heteroatoms. The Hall–Kier alpha value is -1.16. The van der Waals surface area contributed by atoms with E-state index in [1.807, 2.05) is 18.8 Å². The smallest absolute Gasteiger partial charge is 0.190 e. The van der Waals surface area contributed by atoms with E-state index in [9.17, 15) is 0 Å². The number of hydrogen-bond donors (Lipinski definition) is 2. The molecule has 0 saturated carbocycles. The number of guanidine groups is 1. The third kappa shape index (κ3) is 6.53. The van der Waals surface area contributed by atoms with Gasteiger partial charge in [0.25, 0.3) is 0 Å². The first-order valence-corrected chi connectivity index (χ1v) is 8.15. The van der Waals surface area contributed by atoms with Crippen LogP contribution in [0, 0.1) is 0 Å². The topological polar surface area (TPSA) is 36.4 Å². The molecule has 1 aromatic rings. The monoisotopic (exact) mass is 279 g/mol. The standard InChI is InChI=1S/C15H25N3S/c1-13(14-8-5-4-6-9-14)12-18-15(16-2)17-10-7-11-19-3/h4-6,8-9,13H,7,10-12H2,1-3H3,(H2,16,17,18). The van der Waals surface area contributed by atoms with Crippen molar-refractivity contribution in [3.8, 4) is 0 Å². The zero-order chi connectivity index (χ0) is 13.9. The maximum Gasteiger partial charge on any atom is 0.190 e. The number of nitrogens with zero attached hydrogens (tertiary/aromatic N) is 1. The minimum atomic E-state index is 0.478. The minimum absolute atomic E-state index is 0.478. The van der Waals surface area contributed by atoms with Crippen LogP contribution >= 0.6 is 11.8 Å². The Morgan fingerprint density at radius 2 is 2.00 bits per heavy atom. The summed E-state index contributed by atoms with van der Waals surface area (Å²) in [6.07, 6.45) is 3.30. The molecule has 0 aromatic heterocycles. The number of nitrogens with one attached hydrogen (secondary N) is 2. The second-order valence-corrected chi connectivity index (χ2v) is 5.52. The molecule has 3 nitrogen and oxygen atoms in total. The summed E-state index contributed by atoms with van der Waals surface area (Å²) in [6, 6.07) is 10.6. The summed E-state index contributed by atoms with van der Waals surface area (Å²) in [4.78, 5) is 4.24. The second-order valence-electron chi connectivity index (χ2n) is 4.54. The Morgan fingerprint density at radius 1 is 1.26 bits per heavy atom. The molecule has 0 spiro atoms. The summed E-state index contributed by atoms with van der Waals surface area (Å²) in [5.41, 5.74) is 1.35. The van der Waals surface area contributed by atoms with Crippen molar-refractivity contribution in [3.05, 3.63) is 35.9 Å². The SMILES string of the molecule is CN=C(NCCCSC)NCC(C)c1ccccc1. The Bertz CT molecular complexity index is 365. The molecule has 0 aliphatic carbocycles. The van der Waals surface area contributed by atoms with Crippen LogP contribution in [-0.2, 0) is 0 Å². The number of rotatable bonds is 7. The summed E-state index contributed by atoms with van der Waals surface area (Å²) in [5.74, 6) is 2.56. The summed E-state index contributed by atoms with van der Waals surface area (Å²) in [7, 11) is 1.82. The predicted molar refractivity (Wildman–Crippen MR) is 87.2 cm³/mol. The van der Waals surface area contributed by atoms with Crippen LogP contribution < -0.4 is 10.6 Å². The van der Waals surface area contributed by atoms with Crippen molar-refractivity contribution >= 4 is 17.7 Å². The minimum Gasteiger partial charge on any atom is -0.356 e. The highest BCUT2D eigenvalue weighted by Gasteiger charge is 2.05. The fourth-order valence-corrected chi connectivity index (χ4v) is 2.23. The summed E-state index contributed by atoms with van der Waals surface area (Å²) < 4.78 is 0. The third-order valence-corrected chi connectivity index (χ3v) is 3.68. The predicted octanol–water partition coefficient (Wildman–Crippen LogP) is 2.71. The van der Waals surface area contributed by atoms with Gasteiger partial charge in [-0.15, -0.1) is 0 Å². The number of aliphatic imine (C=N–C) groups is 1. The lowest BCUT2D eigenvalue weighted by Gasteiger charge is -2.16. The fraction of sp³-hybridized carbons (Fsp3) is 0.533. The molecule has 0 aliphatic heterocycles. The van der Waals surface area contributed by atoms with Crippen LogP contribution in [0.15, 0.2) is 35.3 Å². The third-order valence-electron chi connectivity index (χ3n) is 2.99. The molecule has 0 saturated heterocycles. The molecule has 106 valence electrons. The zero-order valence-corrected chi connectivity index (χ0v) is 13.0. The molecular weight excluding hydrogens is 254 g/mol. The molecule has 1 aromatic carbocycles. The lowest BCUT2D eigenvalue weighted by atomic mass is 10.0. The number of hydrogen-bond acceptors (Lipinski definition) is 2. The highest BCUT2D eigenvalue weighted by Crippen LogP contribution is 2.12. The van der Waals surface area contributed by atoms with Crippen LogP contribution in [0.5, 0.6) is 0 Å². The van der Waals surface area contributed by atoms with E-state index < -0.39 is 0 Å². The van der Waals surface area contributed by atoms with Crippen molar-refractivity contribution in [2.45, 2.75) is 19.3 Å². The van der Waals surface area contributed by atoms with Crippen molar-refractivity contribution in [1.82, 2.24) is 10.6 Å². The molecule has 0 aliphatic rings. The van der Waals surface area contributed by atoms with Gasteiger partial charge in [-0.2, -0.15) is 11.8 Å². The number of thioether (sulfide) groups is 1. The van der Waals surface area contributed by atoms with Gasteiger partial charge in [0, 0.05) is 20.1 Å². The largest absolute Gasteiger partial charge is 0.356 e. The molecular formula is C15H25N3S. The molecule has 19 heavy (non-hydrogen) atoms. The Labute approximate surface area is 121 Å². The normalized spacial score (nSPS) is 13.1. The van der Waals surface area contributed by atoms with Crippen molar-refractivity contribution in [1.29, 1.82) is 0 Å². The Balaban J connectivity index is 2.29. The van der Waals surface area contributed by atoms with Crippen molar-refractivity contribution < 1.29 is 0 Å². The molecule has 1 rings (SSSR count). The van der Waals surface area contributed by atoms with Crippen LogP contribution in [0.3, 0.4) is 0 Å². The molecule has 1 atom stereocenters. The van der Waals surface area contributed by atoms with Crippen molar-refractivity contribution in [2.75, 3.05) is 32.1 Å². The first kappa shape index (κ1) is 15.9. The zero-order valence-electron chi connectivity index (χ0n) is 12.1. The lowest BCUT2D eigenvalue weighted by Crippen LogP contribution is -2.39. The molecule has 0 radical (unpaired) electrons. The highest BCUT2D eigenvalue weighted by molar-refractivity contribution is 7.98. The Morgan fingerprint density at radius 3 is 2.63 bits per heavy atom. The van der Waals surface area contributed by atoms with Gasteiger partial charge < -0.3 is 10.6 Å². The van der Waals surface area contributed by atoms with Crippen LogP contribution in [-0.4, -0.2) is 38.1 Å². The van der Waals surface area contributed by atoms with Crippen LogP contribution in [0.4, 0.5) is 0 Å². The quantitative estimate of drug-likeness (QED) is 0.458. The average Bonchev–Trinajstić information content (AvgIpc) is 2.47. The van der Waals surface area contributed by atoms with E-state index in [4.69, 9.17) is 0 Å². The van der Waals surface area contributed by atoms with Gasteiger partial charge >= 0.3 is 0 Å². The van der Waals surface area contributed by atoms with Gasteiger partial charge in [0.05, 0.1) is 0 Å². The van der Waals surface area contributed by atoms with Gasteiger partial charge in [0.1, 0.15) is 0 Å². The highest BCUT2D eigenvalue weighted by atomic mass is 32.2. The van der Waals surface area contributed by atoms with Gasteiger partial charge in [-0.1, -0.05) is 37.3 Å². The number of benzene rings is 1. The van der Waals surface area contributed by atoms with Crippen LogP contribution in [0.25, 0.3) is 0 Å². The van der Waals surface area contributed by atoms with Crippen molar-refractivity contribution in [2.24, 2.45) is 4.99 Å². The first-order chi connectivity index (χ1) is 9.27. The fourth-order valence-electron chi connectivity index (χ4n) is 1.79. The molecule has 0 bridgehead atoms. The summed E-state index contributed by atoms with van der Waals surface area (Å²) >= 11 is 1.88. The van der Waals surface area contributed by atoms with E-state index in [0.717, 1.165) is 25.5 Å².